The quantitative estimate of drug-likeness (QED) is 0.792. The summed E-state index contributed by atoms with van der Waals surface area (Å²) in [5, 5.41) is 3.05. The van der Waals surface area contributed by atoms with Gasteiger partial charge in [0.15, 0.2) is 0 Å². The second-order valence-corrected chi connectivity index (χ2v) is 6.72. The Balaban J connectivity index is 1.50. The van der Waals surface area contributed by atoms with E-state index in [2.05, 4.69) is 21.2 Å². The van der Waals surface area contributed by atoms with E-state index in [1.807, 2.05) is 29.8 Å². The molecule has 122 valence electrons. The molecule has 1 saturated carbocycles. The summed E-state index contributed by atoms with van der Waals surface area (Å²) in [5.74, 6) is 0.429. The van der Waals surface area contributed by atoms with Crippen LogP contribution in [0.4, 0.5) is 5.69 Å². The van der Waals surface area contributed by atoms with Crippen LogP contribution in [0.1, 0.15) is 32.1 Å². The molecule has 3 unspecified atom stereocenters. The minimum Gasteiger partial charge on any atom is -0.334 e. The van der Waals surface area contributed by atoms with Crippen LogP contribution >= 0.6 is 0 Å². The van der Waals surface area contributed by atoms with Gasteiger partial charge in [0.05, 0.1) is 17.4 Å². The molecule has 0 spiro atoms. The van der Waals surface area contributed by atoms with Crippen molar-refractivity contribution in [3.8, 4) is 0 Å². The van der Waals surface area contributed by atoms with Gasteiger partial charge in [0, 0.05) is 24.7 Å². The Morgan fingerprint density at radius 2 is 2.13 bits per heavy atom. The lowest BCUT2D eigenvalue weighted by Crippen LogP contribution is -2.42. The molecular weight excluding hydrogens is 290 g/mol. The molecule has 3 atom stereocenters. The second-order valence-electron chi connectivity index (χ2n) is 6.72. The van der Waals surface area contributed by atoms with Gasteiger partial charge in [-0.3, -0.25) is 10.2 Å². The number of imidazole rings is 1. The highest BCUT2D eigenvalue weighted by molar-refractivity contribution is 5.96. The van der Waals surface area contributed by atoms with Gasteiger partial charge in [-0.1, -0.05) is 19.3 Å². The lowest BCUT2D eigenvalue weighted by atomic mass is 9.89. The van der Waals surface area contributed by atoms with Crippen LogP contribution < -0.4 is 16.2 Å². The Kier molecular flexibility index (Phi) is 3.79. The van der Waals surface area contributed by atoms with Crippen LogP contribution in [0, 0.1) is 5.92 Å². The number of aryl methyl sites for hydroxylation is 1. The minimum atomic E-state index is -0.155. The van der Waals surface area contributed by atoms with Gasteiger partial charge in [-0.15, -0.1) is 0 Å². The van der Waals surface area contributed by atoms with E-state index < -0.39 is 0 Å². The molecule has 4 rings (SSSR count). The second kappa shape index (κ2) is 5.94. The molecule has 2 fully saturated rings. The number of hydrazine groups is 1. The Bertz CT molecular complexity index is 725. The van der Waals surface area contributed by atoms with Crippen molar-refractivity contribution in [2.75, 3.05) is 5.32 Å². The summed E-state index contributed by atoms with van der Waals surface area (Å²) >= 11 is 0. The number of benzene rings is 1. The van der Waals surface area contributed by atoms with Gasteiger partial charge < -0.3 is 9.88 Å². The molecule has 6 nitrogen and oxygen atoms in total. The maximum atomic E-state index is 12.7. The molecule has 6 heteroatoms. The molecule has 1 aromatic carbocycles. The van der Waals surface area contributed by atoms with E-state index in [9.17, 15) is 4.79 Å². The minimum absolute atomic E-state index is 0.0437. The number of nitrogens with one attached hydrogen (secondary N) is 3. The summed E-state index contributed by atoms with van der Waals surface area (Å²) in [7, 11) is 1.97. The highest BCUT2D eigenvalue weighted by atomic mass is 16.2. The summed E-state index contributed by atoms with van der Waals surface area (Å²) in [5.41, 5.74) is 9.29. The number of aromatic nitrogens is 2. The van der Waals surface area contributed by atoms with Crippen molar-refractivity contribution in [2.24, 2.45) is 13.0 Å². The summed E-state index contributed by atoms with van der Waals surface area (Å²) < 4.78 is 1.97. The fourth-order valence-corrected chi connectivity index (χ4v) is 3.91. The van der Waals surface area contributed by atoms with Crippen LogP contribution in [0.2, 0.25) is 0 Å². The van der Waals surface area contributed by atoms with Gasteiger partial charge in [0.25, 0.3) is 0 Å². The fourth-order valence-electron chi connectivity index (χ4n) is 3.91. The predicted molar refractivity (Wildman–Crippen MR) is 89.8 cm³/mol. The number of hydrogen-bond acceptors (Lipinski definition) is 4. The number of amides is 1. The average Bonchev–Trinajstić information content (AvgIpc) is 3.03. The van der Waals surface area contributed by atoms with Crippen LogP contribution in [0.3, 0.4) is 0 Å². The van der Waals surface area contributed by atoms with E-state index >= 15 is 0 Å². The highest BCUT2D eigenvalue weighted by Crippen LogP contribution is 2.29. The van der Waals surface area contributed by atoms with Crippen molar-refractivity contribution in [1.29, 1.82) is 0 Å². The Morgan fingerprint density at radius 1 is 1.26 bits per heavy atom. The van der Waals surface area contributed by atoms with E-state index in [-0.39, 0.29) is 11.9 Å². The lowest BCUT2D eigenvalue weighted by molar-refractivity contribution is -0.118. The van der Waals surface area contributed by atoms with Crippen molar-refractivity contribution >= 4 is 22.6 Å². The van der Waals surface area contributed by atoms with Crippen LogP contribution in [0.25, 0.3) is 11.0 Å². The van der Waals surface area contributed by atoms with Crippen LogP contribution in [0.15, 0.2) is 24.5 Å². The molecule has 23 heavy (non-hydrogen) atoms. The summed E-state index contributed by atoms with van der Waals surface area (Å²) in [6.07, 6.45) is 7.80. The van der Waals surface area contributed by atoms with Crippen molar-refractivity contribution in [2.45, 2.75) is 44.2 Å². The molecule has 1 saturated heterocycles. The van der Waals surface area contributed by atoms with Crippen molar-refractivity contribution in [3.63, 3.8) is 0 Å². The number of nitrogens with zero attached hydrogens (tertiary/aromatic N) is 2. The molecule has 1 aliphatic carbocycles. The smallest absolute Gasteiger partial charge is 0.243 e. The van der Waals surface area contributed by atoms with Gasteiger partial charge in [-0.05, 0) is 31.0 Å². The van der Waals surface area contributed by atoms with Gasteiger partial charge in [0.1, 0.15) is 6.04 Å². The summed E-state index contributed by atoms with van der Waals surface area (Å²) in [4.78, 5) is 17.0. The molecule has 3 N–H and O–H groups in total. The molecular formula is C17H23N5O. The molecule has 0 bridgehead atoms. The van der Waals surface area contributed by atoms with E-state index in [1.165, 1.54) is 19.3 Å². The highest BCUT2D eigenvalue weighted by Gasteiger charge is 2.40. The lowest BCUT2D eigenvalue weighted by Gasteiger charge is -2.20. The number of rotatable bonds is 2. The maximum Gasteiger partial charge on any atom is 0.243 e. The molecule has 1 aromatic heterocycles. The summed E-state index contributed by atoms with van der Waals surface area (Å²) in [6, 6.07) is 6.13. The zero-order chi connectivity index (χ0) is 15.8. The molecule has 1 amide bonds. The number of anilines is 1. The van der Waals surface area contributed by atoms with Crippen molar-refractivity contribution in [1.82, 2.24) is 20.4 Å². The van der Waals surface area contributed by atoms with Crippen LogP contribution in [-0.4, -0.2) is 27.5 Å². The predicted octanol–water partition coefficient (Wildman–Crippen LogP) is 1.94. The van der Waals surface area contributed by atoms with E-state index in [0.717, 1.165) is 29.6 Å². The summed E-state index contributed by atoms with van der Waals surface area (Å²) in [6.45, 7) is 0. The molecule has 2 heterocycles. The van der Waals surface area contributed by atoms with E-state index in [1.54, 1.807) is 6.33 Å². The van der Waals surface area contributed by atoms with E-state index in [4.69, 9.17) is 0 Å². The Morgan fingerprint density at radius 3 is 3.04 bits per heavy atom. The average molecular weight is 313 g/mol. The van der Waals surface area contributed by atoms with Crippen LogP contribution in [-0.2, 0) is 11.8 Å². The molecule has 1 aliphatic heterocycles. The zero-order valence-electron chi connectivity index (χ0n) is 13.4. The Labute approximate surface area is 135 Å². The first-order valence-corrected chi connectivity index (χ1v) is 8.45. The third kappa shape index (κ3) is 2.72. The number of hydrogen-bond donors (Lipinski definition) is 3. The van der Waals surface area contributed by atoms with Gasteiger partial charge >= 0.3 is 0 Å². The van der Waals surface area contributed by atoms with Gasteiger partial charge in [-0.25, -0.2) is 10.4 Å². The number of fused-ring (bicyclic) bond motifs is 2. The maximum absolute atomic E-state index is 12.7. The first-order valence-electron chi connectivity index (χ1n) is 8.45. The van der Waals surface area contributed by atoms with Crippen LogP contribution in [0.5, 0.6) is 0 Å². The molecule has 2 aromatic rings. The zero-order valence-corrected chi connectivity index (χ0v) is 13.4. The first-order chi connectivity index (χ1) is 11.2. The van der Waals surface area contributed by atoms with Gasteiger partial charge in [-0.2, -0.15) is 0 Å². The van der Waals surface area contributed by atoms with E-state index in [0.29, 0.717) is 12.0 Å². The number of carbonyl (C=O) groups excluding carboxylic acids is 1. The number of carbonyl (C=O) groups is 1. The normalized spacial score (nSPS) is 27.6. The monoisotopic (exact) mass is 313 g/mol. The molecule has 2 aliphatic rings. The van der Waals surface area contributed by atoms with Crippen molar-refractivity contribution in [3.05, 3.63) is 24.5 Å². The van der Waals surface area contributed by atoms with Gasteiger partial charge in [0.2, 0.25) is 5.91 Å². The first kappa shape index (κ1) is 14.7. The topological polar surface area (TPSA) is 71.0 Å². The molecule has 0 radical (unpaired) electrons. The SMILES string of the molecule is Cn1cnc2cc(NC(=O)C3NNC4CCCCCC43)ccc21. The van der Waals surface area contributed by atoms with Crippen molar-refractivity contribution < 1.29 is 4.79 Å². The third-order valence-electron chi connectivity index (χ3n) is 5.20. The Hall–Kier alpha value is -1.92. The third-order valence-corrected chi connectivity index (χ3v) is 5.20. The largest absolute Gasteiger partial charge is 0.334 e. The fraction of sp³-hybridized carbons (Fsp3) is 0.529. The standard InChI is InChI=1S/C17H23N5O/c1-22-10-18-14-9-11(7-8-15(14)22)19-17(23)16-12-5-3-2-4-6-13(12)20-21-16/h7-10,12-13,16,20-21H,2-6H2,1H3,(H,19,23).